The van der Waals surface area contributed by atoms with E-state index in [1.54, 1.807) is 14.1 Å². The monoisotopic (exact) mass is 279 g/mol. The number of halogens is 2. The van der Waals surface area contributed by atoms with Crippen LogP contribution in [0.4, 0.5) is 14.6 Å². The van der Waals surface area contributed by atoms with Gasteiger partial charge in [-0.15, -0.1) is 0 Å². The van der Waals surface area contributed by atoms with E-state index in [1.165, 1.54) is 12.1 Å². The summed E-state index contributed by atoms with van der Waals surface area (Å²) in [5.74, 6) is -1.20. The first kappa shape index (κ1) is 13.2. The summed E-state index contributed by atoms with van der Waals surface area (Å²) in [5.41, 5.74) is 1.63. The normalized spacial score (nSPS) is 18.1. The lowest BCUT2D eigenvalue weighted by molar-refractivity contribution is 0.0821. The Balaban J connectivity index is 2.38. The SMILES string of the molecule is CNc1nc2c(c3cc(F)c(F)cc13)[C@@H](NC)COC2. The molecule has 0 amide bonds. The molecule has 1 atom stereocenters. The molecule has 106 valence electrons. The quantitative estimate of drug-likeness (QED) is 0.886. The number of nitrogens with one attached hydrogen (secondary N) is 2. The van der Waals surface area contributed by atoms with Crippen LogP contribution in [0.15, 0.2) is 12.1 Å². The molecule has 0 aliphatic carbocycles. The molecular formula is C14H15F2N3O. The lowest BCUT2D eigenvalue weighted by atomic mass is 9.96. The van der Waals surface area contributed by atoms with Gasteiger partial charge in [0.25, 0.3) is 0 Å². The van der Waals surface area contributed by atoms with Crippen molar-refractivity contribution in [3.63, 3.8) is 0 Å². The van der Waals surface area contributed by atoms with E-state index in [2.05, 4.69) is 15.6 Å². The van der Waals surface area contributed by atoms with Crippen LogP contribution in [-0.2, 0) is 11.3 Å². The fourth-order valence-electron chi connectivity index (χ4n) is 2.65. The average Bonchev–Trinajstić information content (AvgIpc) is 2.47. The molecule has 20 heavy (non-hydrogen) atoms. The summed E-state index contributed by atoms with van der Waals surface area (Å²) in [7, 11) is 3.51. The molecule has 0 bridgehead atoms. The number of nitrogens with zero attached hydrogens (tertiary/aromatic N) is 1. The molecule has 2 heterocycles. The Kier molecular flexibility index (Phi) is 3.27. The number of benzene rings is 1. The molecule has 0 fully saturated rings. The zero-order valence-electron chi connectivity index (χ0n) is 11.3. The van der Waals surface area contributed by atoms with Crippen LogP contribution in [0.1, 0.15) is 17.3 Å². The number of pyridine rings is 1. The third kappa shape index (κ3) is 1.92. The van der Waals surface area contributed by atoms with E-state index >= 15 is 0 Å². The predicted octanol–water partition coefficient (Wildman–Crippen LogP) is 2.35. The van der Waals surface area contributed by atoms with Crippen molar-refractivity contribution in [3.05, 3.63) is 35.0 Å². The molecule has 0 radical (unpaired) electrons. The Hall–Kier alpha value is -1.79. The largest absolute Gasteiger partial charge is 0.373 e. The van der Waals surface area contributed by atoms with Crippen molar-refractivity contribution in [2.75, 3.05) is 26.0 Å². The third-order valence-corrected chi connectivity index (χ3v) is 3.62. The first-order valence-corrected chi connectivity index (χ1v) is 6.40. The smallest absolute Gasteiger partial charge is 0.159 e. The highest BCUT2D eigenvalue weighted by atomic mass is 19.2. The van der Waals surface area contributed by atoms with Gasteiger partial charge >= 0.3 is 0 Å². The molecule has 4 nitrogen and oxygen atoms in total. The van der Waals surface area contributed by atoms with Gasteiger partial charge in [-0.1, -0.05) is 0 Å². The fourth-order valence-corrected chi connectivity index (χ4v) is 2.65. The number of hydrogen-bond acceptors (Lipinski definition) is 4. The minimum absolute atomic E-state index is 0.0792. The van der Waals surface area contributed by atoms with Crippen molar-refractivity contribution < 1.29 is 13.5 Å². The van der Waals surface area contributed by atoms with Crippen molar-refractivity contribution in [2.45, 2.75) is 12.6 Å². The van der Waals surface area contributed by atoms with Crippen LogP contribution in [0.5, 0.6) is 0 Å². The molecule has 3 rings (SSSR count). The third-order valence-electron chi connectivity index (χ3n) is 3.62. The Morgan fingerprint density at radius 2 is 1.90 bits per heavy atom. The summed E-state index contributed by atoms with van der Waals surface area (Å²) in [6, 6.07) is 2.35. The topological polar surface area (TPSA) is 46.2 Å². The highest BCUT2D eigenvalue weighted by Crippen LogP contribution is 2.35. The molecule has 6 heteroatoms. The van der Waals surface area contributed by atoms with Gasteiger partial charge in [0, 0.05) is 18.0 Å². The second kappa shape index (κ2) is 4.96. The van der Waals surface area contributed by atoms with E-state index in [-0.39, 0.29) is 6.04 Å². The van der Waals surface area contributed by atoms with Crippen LogP contribution < -0.4 is 10.6 Å². The van der Waals surface area contributed by atoms with Gasteiger partial charge in [-0.2, -0.15) is 0 Å². The summed E-state index contributed by atoms with van der Waals surface area (Å²) < 4.78 is 32.6. The van der Waals surface area contributed by atoms with Crippen LogP contribution in [0, 0.1) is 11.6 Å². The summed E-state index contributed by atoms with van der Waals surface area (Å²) in [4.78, 5) is 4.46. The van der Waals surface area contributed by atoms with Gasteiger partial charge < -0.3 is 15.4 Å². The standard InChI is InChI=1S/C14H15F2N3O/c1-17-11-5-20-6-12-13(11)7-3-9(15)10(16)4-8(7)14(18-2)19-12/h3-4,11,17H,5-6H2,1-2H3,(H,18,19)/t11-/m0/s1. The Labute approximate surface area is 115 Å². The van der Waals surface area contributed by atoms with Crippen molar-refractivity contribution in [1.82, 2.24) is 10.3 Å². The maximum absolute atomic E-state index is 13.6. The van der Waals surface area contributed by atoms with E-state index < -0.39 is 11.6 Å². The maximum Gasteiger partial charge on any atom is 0.159 e. The fraction of sp³-hybridized carbons (Fsp3) is 0.357. The van der Waals surface area contributed by atoms with Gasteiger partial charge in [0.1, 0.15) is 5.82 Å². The molecule has 2 aromatic rings. The number of likely N-dealkylation sites (N-methyl/N-ethyl adjacent to an activating group) is 1. The minimum atomic E-state index is -0.871. The number of anilines is 1. The van der Waals surface area contributed by atoms with Crippen LogP contribution in [0.3, 0.4) is 0 Å². The maximum atomic E-state index is 13.6. The zero-order chi connectivity index (χ0) is 14.3. The van der Waals surface area contributed by atoms with E-state index in [0.717, 1.165) is 11.3 Å². The Morgan fingerprint density at radius 3 is 2.55 bits per heavy atom. The number of ether oxygens (including phenoxy) is 1. The van der Waals surface area contributed by atoms with Crippen molar-refractivity contribution >= 4 is 16.6 Å². The average molecular weight is 279 g/mol. The first-order valence-electron chi connectivity index (χ1n) is 6.40. The van der Waals surface area contributed by atoms with Gasteiger partial charge in [0.05, 0.1) is 24.9 Å². The van der Waals surface area contributed by atoms with Gasteiger partial charge in [0.15, 0.2) is 11.6 Å². The van der Waals surface area contributed by atoms with Crippen LogP contribution in [0.25, 0.3) is 10.8 Å². The summed E-state index contributed by atoms with van der Waals surface area (Å²) in [5, 5.41) is 7.29. The number of hydrogen-bond donors (Lipinski definition) is 2. The van der Waals surface area contributed by atoms with Crippen molar-refractivity contribution in [1.29, 1.82) is 0 Å². The zero-order valence-corrected chi connectivity index (χ0v) is 11.3. The predicted molar refractivity (Wildman–Crippen MR) is 72.7 cm³/mol. The summed E-state index contributed by atoms with van der Waals surface area (Å²) in [6.07, 6.45) is 0. The second-order valence-corrected chi connectivity index (χ2v) is 4.74. The number of fused-ring (bicyclic) bond motifs is 3. The number of aromatic nitrogens is 1. The first-order chi connectivity index (χ1) is 9.65. The second-order valence-electron chi connectivity index (χ2n) is 4.74. The molecular weight excluding hydrogens is 264 g/mol. The molecule has 0 spiro atoms. The molecule has 0 saturated heterocycles. The number of rotatable bonds is 2. The Morgan fingerprint density at radius 1 is 1.20 bits per heavy atom. The van der Waals surface area contributed by atoms with Gasteiger partial charge in [0.2, 0.25) is 0 Å². The van der Waals surface area contributed by atoms with Crippen molar-refractivity contribution in [2.24, 2.45) is 0 Å². The van der Waals surface area contributed by atoms with Crippen LogP contribution >= 0.6 is 0 Å². The summed E-state index contributed by atoms with van der Waals surface area (Å²) >= 11 is 0. The van der Waals surface area contributed by atoms with Crippen LogP contribution in [-0.4, -0.2) is 25.7 Å². The molecule has 1 aliphatic heterocycles. The molecule has 1 aliphatic rings. The minimum Gasteiger partial charge on any atom is -0.373 e. The lowest BCUT2D eigenvalue weighted by Gasteiger charge is -2.27. The van der Waals surface area contributed by atoms with Gasteiger partial charge in [-0.25, -0.2) is 13.8 Å². The molecule has 0 saturated carbocycles. The molecule has 0 unspecified atom stereocenters. The van der Waals surface area contributed by atoms with E-state index in [4.69, 9.17) is 4.74 Å². The van der Waals surface area contributed by atoms with Crippen LogP contribution in [0.2, 0.25) is 0 Å². The van der Waals surface area contributed by atoms with Crippen molar-refractivity contribution in [3.8, 4) is 0 Å². The highest BCUT2D eigenvalue weighted by Gasteiger charge is 2.25. The van der Waals surface area contributed by atoms with Gasteiger partial charge in [-0.05, 0) is 24.6 Å². The lowest BCUT2D eigenvalue weighted by Crippen LogP contribution is -2.28. The molecule has 1 aromatic carbocycles. The summed E-state index contributed by atoms with van der Waals surface area (Å²) in [6.45, 7) is 0.856. The van der Waals surface area contributed by atoms with E-state index in [0.29, 0.717) is 29.8 Å². The molecule has 1 aromatic heterocycles. The van der Waals surface area contributed by atoms with E-state index in [9.17, 15) is 8.78 Å². The van der Waals surface area contributed by atoms with E-state index in [1.807, 2.05) is 0 Å². The Bertz CT molecular complexity index is 675. The molecule has 2 N–H and O–H groups in total. The highest BCUT2D eigenvalue weighted by molar-refractivity contribution is 5.95. The van der Waals surface area contributed by atoms with Gasteiger partial charge in [-0.3, -0.25) is 0 Å².